The average Bonchev–Trinajstić information content (AvgIpc) is 3.11. The predicted molar refractivity (Wildman–Crippen MR) is 118 cm³/mol. The van der Waals surface area contributed by atoms with Gasteiger partial charge in [0.15, 0.2) is 15.0 Å². The number of hydrogen-bond acceptors (Lipinski definition) is 4. The number of amidine groups is 1. The molecule has 0 spiro atoms. The number of amides is 1. The van der Waals surface area contributed by atoms with E-state index in [-0.39, 0.29) is 35.1 Å². The highest BCUT2D eigenvalue weighted by Gasteiger charge is 2.48. The molecule has 0 N–H and O–H groups in total. The van der Waals surface area contributed by atoms with E-state index in [0.717, 1.165) is 16.7 Å². The summed E-state index contributed by atoms with van der Waals surface area (Å²) in [4.78, 5) is 18.9. The molecule has 0 saturated carbocycles. The zero-order valence-corrected chi connectivity index (χ0v) is 18.3. The molecule has 2 fully saturated rings. The second-order valence-corrected chi connectivity index (χ2v) is 11.2. The Kier molecular flexibility index (Phi) is 5.73. The summed E-state index contributed by atoms with van der Waals surface area (Å²) in [5, 5.41) is 1.10. The zero-order valence-electron chi connectivity index (χ0n) is 15.9. The molecular weight excluding hydrogens is 428 g/mol. The minimum Gasteiger partial charge on any atom is -0.342 e. The summed E-state index contributed by atoms with van der Waals surface area (Å²) in [6.07, 6.45) is 0.220. The van der Waals surface area contributed by atoms with Crippen LogP contribution in [-0.4, -0.2) is 47.2 Å². The number of aliphatic imine (C=N–C) groups is 1. The van der Waals surface area contributed by atoms with E-state index >= 15 is 0 Å². The van der Waals surface area contributed by atoms with Gasteiger partial charge in [0.2, 0.25) is 0 Å². The van der Waals surface area contributed by atoms with Crippen molar-refractivity contribution in [2.24, 2.45) is 4.99 Å². The van der Waals surface area contributed by atoms with Crippen molar-refractivity contribution in [3.63, 3.8) is 0 Å². The average molecular weight is 449 g/mol. The monoisotopic (exact) mass is 448 g/mol. The van der Waals surface area contributed by atoms with Gasteiger partial charge in [-0.25, -0.2) is 8.42 Å². The van der Waals surface area contributed by atoms with Gasteiger partial charge in [-0.15, -0.1) is 0 Å². The summed E-state index contributed by atoms with van der Waals surface area (Å²) in [6.45, 7) is 2.43. The van der Waals surface area contributed by atoms with Gasteiger partial charge in [0, 0.05) is 16.8 Å². The third-order valence-electron chi connectivity index (χ3n) is 5.17. The highest BCUT2D eigenvalue weighted by atomic mass is 35.5. The molecule has 2 aliphatic rings. The third kappa shape index (κ3) is 4.68. The molecule has 2 aliphatic heterocycles. The molecule has 2 atom stereocenters. The number of fused-ring (bicyclic) bond motifs is 1. The molecule has 8 heteroatoms. The van der Waals surface area contributed by atoms with E-state index in [4.69, 9.17) is 11.6 Å². The van der Waals surface area contributed by atoms with Crippen LogP contribution in [0.1, 0.15) is 16.7 Å². The van der Waals surface area contributed by atoms with Crippen LogP contribution in [0.2, 0.25) is 5.02 Å². The Balaban J connectivity index is 1.58. The van der Waals surface area contributed by atoms with E-state index in [1.165, 1.54) is 11.8 Å². The first kappa shape index (κ1) is 20.4. The van der Waals surface area contributed by atoms with Gasteiger partial charge in [0.25, 0.3) is 5.91 Å². The summed E-state index contributed by atoms with van der Waals surface area (Å²) in [7, 11) is -3.08. The van der Waals surface area contributed by atoms with Crippen molar-refractivity contribution in [1.82, 2.24) is 4.90 Å². The van der Waals surface area contributed by atoms with E-state index in [0.29, 0.717) is 16.7 Å². The lowest BCUT2D eigenvalue weighted by molar-refractivity contribution is -0.117. The summed E-state index contributed by atoms with van der Waals surface area (Å²) in [5.74, 6) is -0.0318. The zero-order chi connectivity index (χ0) is 20.6. The number of aryl methyl sites for hydroxylation is 1. The van der Waals surface area contributed by atoms with Crippen LogP contribution in [0.15, 0.2) is 53.5 Å². The van der Waals surface area contributed by atoms with Crippen molar-refractivity contribution in [2.75, 3.05) is 11.5 Å². The molecule has 29 heavy (non-hydrogen) atoms. The fourth-order valence-corrected chi connectivity index (χ4v) is 7.82. The minimum atomic E-state index is -3.08. The van der Waals surface area contributed by atoms with Crippen molar-refractivity contribution in [2.45, 2.75) is 31.2 Å². The van der Waals surface area contributed by atoms with Crippen LogP contribution < -0.4 is 0 Å². The van der Waals surface area contributed by atoms with Gasteiger partial charge in [0.05, 0.1) is 24.0 Å². The lowest BCUT2D eigenvalue weighted by Gasteiger charge is -2.25. The first-order valence-electron chi connectivity index (χ1n) is 9.35. The summed E-state index contributed by atoms with van der Waals surface area (Å²) >= 11 is 7.71. The maximum Gasteiger partial charge on any atom is 0.252 e. The number of hydrogen-bond donors (Lipinski definition) is 0. The van der Waals surface area contributed by atoms with Gasteiger partial charge < -0.3 is 4.90 Å². The van der Waals surface area contributed by atoms with E-state index in [2.05, 4.69) is 4.99 Å². The molecule has 2 heterocycles. The van der Waals surface area contributed by atoms with Crippen molar-refractivity contribution < 1.29 is 13.2 Å². The normalized spacial score (nSPS) is 24.1. The van der Waals surface area contributed by atoms with Crippen LogP contribution in [0, 0.1) is 6.92 Å². The van der Waals surface area contributed by atoms with Crippen molar-refractivity contribution in [1.29, 1.82) is 0 Å². The molecule has 2 saturated heterocycles. The second kappa shape index (κ2) is 8.13. The van der Waals surface area contributed by atoms with E-state index in [9.17, 15) is 13.2 Å². The molecule has 2 aromatic carbocycles. The van der Waals surface area contributed by atoms with Gasteiger partial charge in [-0.3, -0.25) is 4.79 Å². The molecule has 4 rings (SSSR count). The predicted octanol–water partition coefficient (Wildman–Crippen LogP) is 3.49. The fraction of sp³-hybridized carbons (Fsp3) is 0.333. The Morgan fingerprint density at radius 1 is 1.17 bits per heavy atom. The minimum absolute atomic E-state index is 0.0836. The van der Waals surface area contributed by atoms with Crippen molar-refractivity contribution in [3.05, 3.63) is 70.2 Å². The Morgan fingerprint density at radius 2 is 1.90 bits per heavy atom. The largest absolute Gasteiger partial charge is 0.342 e. The number of thioether (sulfide) groups is 1. The van der Waals surface area contributed by atoms with Crippen LogP contribution >= 0.6 is 23.4 Å². The molecule has 152 valence electrons. The van der Waals surface area contributed by atoms with E-state index in [1.54, 1.807) is 0 Å². The molecule has 0 aliphatic carbocycles. The standard InChI is InChI=1S/C21H21ClN2O3S2/c1-14-6-8-15(9-7-14)10-20(25)23-21-24(11-16-4-2-3-5-17(16)22)18-12-29(26,27)13-19(18)28-21/h2-9,18-19H,10-13H2,1H3/t18-,19+/m0/s1. The molecule has 1 amide bonds. The Bertz CT molecular complexity index is 1070. The van der Waals surface area contributed by atoms with E-state index < -0.39 is 9.84 Å². The lowest BCUT2D eigenvalue weighted by Crippen LogP contribution is -2.37. The maximum atomic E-state index is 12.6. The van der Waals surface area contributed by atoms with Gasteiger partial charge in [-0.1, -0.05) is 71.4 Å². The first-order chi connectivity index (χ1) is 13.8. The molecule has 0 bridgehead atoms. The number of benzene rings is 2. The fourth-order valence-electron chi connectivity index (χ4n) is 3.66. The quantitative estimate of drug-likeness (QED) is 0.716. The Labute approximate surface area is 180 Å². The molecule has 0 radical (unpaired) electrons. The number of carbonyl (C=O) groups excluding carboxylic acids is 1. The smallest absolute Gasteiger partial charge is 0.252 e. The van der Waals surface area contributed by atoms with Crippen LogP contribution in [0.5, 0.6) is 0 Å². The number of nitrogens with zero attached hydrogens (tertiary/aromatic N) is 2. The van der Waals surface area contributed by atoms with Crippen molar-refractivity contribution >= 4 is 44.3 Å². The van der Waals surface area contributed by atoms with Crippen molar-refractivity contribution in [3.8, 4) is 0 Å². The third-order valence-corrected chi connectivity index (χ3v) is 8.79. The highest BCUT2D eigenvalue weighted by molar-refractivity contribution is 8.15. The van der Waals surface area contributed by atoms with Crippen LogP contribution in [0.3, 0.4) is 0 Å². The molecule has 0 aromatic heterocycles. The van der Waals surface area contributed by atoms with Gasteiger partial charge >= 0.3 is 0 Å². The van der Waals surface area contributed by atoms with E-state index in [1.807, 2.05) is 60.4 Å². The molecule has 5 nitrogen and oxygen atoms in total. The second-order valence-electron chi connectivity index (χ2n) is 7.47. The first-order valence-corrected chi connectivity index (χ1v) is 12.4. The highest BCUT2D eigenvalue weighted by Crippen LogP contribution is 2.39. The van der Waals surface area contributed by atoms with Gasteiger partial charge in [-0.2, -0.15) is 4.99 Å². The number of halogens is 1. The number of rotatable bonds is 4. The summed E-state index contributed by atoms with van der Waals surface area (Å²) in [5.41, 5.74) is 2.94. The summed E-state index contributed by atoms with van der Waals surface area (Å²) < 4.78 is 24.3. The van der Waals surface area contributed by atoms with Crippen LogP contribution in [0.25, 0.3) is 0 Å². The Hall–Kier alpha value is -1.83. The SMILES string of the molecule is Cc1ccc(CC(=O)N=C2S[C@@H]3CS(=O)(=O)C[C@@H]3N2Cc2ccccc2Cl)cc1. The maximum absolute atomic E-state index is 12.6. The van der Waals surface area contributed by atoms with Crippen LogP contribution in [0.4, 0.5) is 0 Å². The van der Waals surface area contributed by atoms with Crippen LogP contribution in [-0.2, 0) is 27.6 Å². The molecule has 2 aromatic rings. The van der Waals surface area contributed by atoms with Gasteiger partial charge in [-0.05, 0) is 24.1 Å². The van der Waals surface area contributed by atoms with Gasteiger partial charge in [0.1, 0.15) is 0 Å². The molecule has 0 unspecified atom stereocenters. The number of sulfone groups is 1. The Morgan fingerprint density at radius 3 is 2.62 bits per heavy atom. The molecular formula is C21H21ClN2O3S2. The number of carbonyl (C=O) groups is 1. The lowest BCUT2D eigenvalue weighted by atomic mass is 10.1. The topological polar surface area (TPSA) is 66.8 Å². The summed E-state index contributed by atoms with van der Waals surface area (Å²) in [6, 6.07) is 15.1.